The number of Topliss-reactive ketones (excluding diaryl/α,β-unsaturated/α-hetero) is 1. The molecule has 20 heavy (non-hydrogen) atoms. The van der Waals surface area contributed by atoms with Crippen molar-refractivity contribution in [1.82, 2.24) is 5.32 Å². The maximum Gasteiger partial charge on any atom is 0.326 e. The second kappa shape index (κ2) is 7.23. The second-order valence-electron chi connectivity index (χ2n) is 4.30. The van der Waals surface area contributed by atoms with E-state index in [0.717, 1.165) is 0 Å². The van der Waals surface area contributed by atoms with Crippen molar-refractivity contribution in [3.8, 4) is 0 Å². The summed E-state index contributed by atoms with van der Waals surface area (Å²) in [6.07, 6.45) is 3.63. The highest BCUT2D eigenvalue weighted by atomic mass is 16.4. The van der Waals surface area contributed by atoms with E-state index < -0.39 is 17.9 Å². The zero-order valence-corrected chi connectivity index (χ0v) is 11.4. The van der Waals surface area contributed by atoms with Crippen molar-refractivity contribution in [2.24, 2.45) is 0 Å². The fraction of sp³-hybridized carbons (Fsp3) is 0.267. The van der Waals surface area contributed by atoms with Gasteiger partial charge in [-0.25, -0.2) is 4.79 Å². The summed E-state index contributed by atoms with van der Waals surface area (Å²) in [6, 6.07) is 5.12. The minimum Gasteiger partial charge on any atom is -0.480 e. The van der Waals surface area contributed by atoms with E-state index >= 15 is 0 Å². The molecule has 0 heterocycles. The first-order chi connectivity index (χ1) is 9.45. The Morgan fingerprint density at radius 3 is 2.20 bits per heavy atom. The molecule has 106 valence electrons. The smallest absolute Gasteiger partial charge is 0.326 e. The number of rotatable bonds is 6. The van der Waals surface area contributed by atoms with Crippen LogP contribution in [0.15, 0.2) is 36.4 Å². The summed E-state index contributed by atoms with van der Waals surface area (Å²) in [5.74, 6) is -1.65. The summed E-state index contributed by atoms with van der Waals surface area (Å²) in [5.41, 5.74) is 0.826. The lowest BCUT2D eigenvalue weighted by Gasteiger charge is -2.12. The number of allylic oxidation sites excluding steroid dienone is 1. The Kier molecular flexibility index (Phi) is 5.65. The molecule has 0 saturated heterocycles. The molecule has 0 fully saturated rings. The lowest BCUT2D eigenvalue weighted by atomic mass is 10.1. The average Bonchev–Trinajstić information content (AvgIpc) is 2.42. The number of benzene rings is 1. The van der Waals surface area contributed by atoms with Gasteiger partial charge in [0.1, 0.15) is 6.04 Å². The van der Waals surface area contributed by atoms with Crippen molar-refractivity contribution < 1.29 is 19.5 Å². The molecular weight excluding hydrogens is 258 g/mol. The van der Waals surface area contributed by atoms with Crippen LogP contribution in [-0.2, 0) is 4.79 Å². The molecule has 1 amide bonds. The molecule has 0 bridgehead atoms. The van der Waals surface area contributed by atoms with Crippen LogP contribution in [0.25, 0.3) is 0 Å². The lowest BCUT2D eigenvalue weighted by Crippen LogP contribution is -2.40. The van der Waals surface area contributed by atoms with Crippen LogP contribution in [0, 0.1) is 0 Å². The van der Waals surface area contributed by atoms with Gasteiger partial charge in [0.15, 0.2) is 5.78 Å². The Hall–Kier alpha value is -2.43. The number of carboxylic acid groups (broad SMARTS) is 1. The van der Waals surface area contributed by atoms with E-state index in [4.69, 9.17) is 5.11 Å². The van der Waals surface area contributed by atoms with Crippen molar-refractivity contribution in [1.29, 1.82) is 0 Å². The van der Waals surface area contributed by atoms with E-state index in [-0.39, 0.29) is 12.2 Å². The van der Waals surface area contributed by atoms with Gasteiger partial charge in [0.25, 0.3) is 5.91 Å². The second-order valence-corrected chi connectivity index (χ2v) is 4.30. The molecule has 0 aromatic heterocycles. The van der Waals surface area contributed by atoms with Gasteiger partial charge in [0.2, 0.25) is 0 Å². The fourth-order valence-corrected chi connectivity index (χ4v) is 1.59. The number of hydrogen-bond donors (Lipinski definition) is 2. The van der Waals surface area contributed by atoms with Gasteiger partial charge in [-0.15, -0.1) is 0 Å². The molecule has 1 unspecified atom stereocenters. The van der Waals surface area contributed by atoms with E-state index in [2.05, 4.69) is 5.32 Å². The Bertz CT molecular complexity index is 531. The first-order valence-electron chi connectivity index (χ1n) is 6.21. The van der Waals surface area contributed by atoms with Crippen LogP contribution in [-0.4, -0.2) is 28.8 Å². The number of carboxylic acids is 1. The van der Waals surface area contributed by atoms with Crippen LogP contribution in [0.2, 0.25) is 0 Å². The summed E-state index contributed by atoms with van der Waals surface area (Å²) in [7, 11) is 0. The highest BCUT2D eigenvalue weighted by Crippen LogP contribution is 2.06. The standard InChI is InChI=1S/C15H17NO4/c1-3-4-5-13(15(19)20)16-14(18)12-8-6-11(7-9-12)10(2)17/h3-4,6-9,13H,5H2,1-2H3,(H,16,18)(H,19,20)/b4-3+. The number of carbonyl (C=O) groups excluding carboxylic acids is 2. The van der Waals surface area contributed by atoms with Crippen molar-refractivity contribution in [3.05, 3.63) is 47.5 Å². The van der Waals surface area contributed by atoms with Gasteiger partial charge >= 0.3 is 5.97 Å². The highest BCUT2D eigenvalue weighted by molar-refractivity contribution is 5.99. The number of hydrogen-bond acceptors (Lipinski definition) is 3. The summed E-state index contributed by atoms with van der Waals surface area (Å²) in [4.78, 5) is 34.1. The zero-order chi connectivity index (χ0) is 15.1. The summed E-state index contributed by atoms with van der Waals surface area (Å²) < 4.78 is 0. The third-order valence-corrected chi connectivity index (χ3v) is 2.76. The molecule has 1 atom stereocenters. The molecule has 1 aromatic carbocycles. The molecule has 0 radical (unpaired) electrons. The maximum atomic E-state index is 11.9. The monoisotopic (exact) mass is 275 g/mol. The highest BCUT2D eigenvalue weighted by Gasteiger charge is 2.19. The lowest BCUT2D eigenvalue weighted by molar-refractivity contribution is -0.139. The number of nitrogens with one attached hydrogen (secondary N) is 1. The number of amides is 1. The van der Waals surface area contributed by atoms with Crippen LogP contribution in [0.3, 0.4) is 0 Å². The van der Waals surface area contributed by atoms with Gasteiger partial charge in [-0.1, -0.05) is 24.3 Å². The molecule has 2 N–H and O–H groups in total. The van der Waals surface area contributed by atoms with E-state index in [0.29, 0.717) is 11.1 Å². The van der Waals surface area contributed by atoms with Crippen molar-refractivity contribution in [2.75, 3.05) is 0 Å². The number of ketones is 1. The molecular formula is C15H17NO4. The fourth-order valence-electron chi connectivity index (χ4n) is 1.59. The van der Waals surface area contributed by atoms with Crippen molar-refractivity contribution in [3.63, 3.8) is 0 Å². The molecule has 5 heteroatoms. The summed E-state index contributed by atoms with van der Waals surface area (Å²) in [6.45, 7) is 3.22. The van der Waals surface area contributed by atoms with Crippen LogP contribution in [0.4, 0.5) is 0 Å². The molecule has 0 aliphatic rings. The third kappa shape index (κ3) is 4.35. The normalized spacial score (nSPS) is 12.1. The van der Waals surface area contributed by atoms with Crippen molar-refractivity contribution >= 4 is 17.7 Å². The van der Waals surface area contributed by atoms with Gasteiger partial charge < -0.3 is 10.4 Å². The van der Waals surface area contributed by atoms with Crippen LogP contribution < -0.4 is 5.32 Å². The van der Waals surface area contributed by atoms with Crippen LogP contribution in [0.5, 0.6) is 0 Å². The van der Waals surface area contributed by atoms with Crippen LogP contribution in [0.1, 0.15) is 41.0 Å². The minimum atomic E-state index is -1.09. The molecule has 0 spiro atoms. The Labute approximate surface area is 117 Å². The molecule has 0 aliphatic heterocycles. The number of carbonyl (C=O) groups is 3. The molecule has 0 saturated carbocycles. The largest absolute Gasteiger partial charge is 0.480 e. The topological polar surface area (TPSA) is 83.5 Å². The summed E-state index contributed by atoms with van der Waals surface area (Å²) >= 11 is 0. The predicted octanol–water partition coefficient (Wildman–Crippen LogP) is 2.04. The Morgan fingerprint density at radius 1 is 1.20 bits per heavy atom. The van der Waals surface area contributed by atoms with Gasteiger partial charge in [0, 0.05) is 11.1 Å². The third-order valence-electron chi connectivity index (χ3n) is 2.76. The molecule has 5 nitrogen and oxygen atoms in total. The maximum absolute atomic E-state index is 11.9. The molecule has 1 rings (SSSR count). The SMILES string of the molecule is C/C=C/CC(NC(=O)c1ccc(C(C)=O)cc1)C(=O)O. The molecule has 0 aliphatic carbocycles. The van der Waals surface area contributed by atoms with Gasteiger partial charge in [0.05, 0.1) is 0 Å². The first-order valence-corrected chi connectivity index (χ1v) is 6.21. The summed E-state index contributed by atoms with van der Waals surface area (Å²) in [5, 5.41) is 11.5. The van der Waals surface area contributed by atoms with Gasteiger partial charge in [-0.05, 0) is 32.4 Å². The quantitative estimate of drug-likeness (QED) is 0.614. The van der Waals surface area contributed by atoms with E-state index in [1.165, 1.54) is 19.1 Å². The molecule has 1 aromatic rings. The minimum absolute atomic E-state index is 0.0894. The van der Waals surface area contributed by atoms with Crippen molar-refractivity contribution in [2.45, 2.75) is 26.3 Å². The van der Waals surface area contributed by atoms with E-state index in [9.17, 15) is 14.4 Å². The van der Waals surface area contributed by atoms with Gasteiger partial charge in [-0.3, -0.25) is 9.59 Å². The van der Waals surface area contributed by atoms with Crippen LogP contribution >= 0.6 is 0 Å². The van der Waals surface area contributed by atoms with E-state index in [1.807, 2.05) is 0 Å². The Balaban J connectivity index is 2.78. The predicted molar refractivity (Wildman–Crippen MR) is 74.8 cm³/mol. The Morgan fingerprint density at radius 2 is 1.75 bits per heavy atom. The van der Waals surface area contributed by atoms with Gasteiger partial charge in [-0.2, -0.15) is 0 Å². The zero-order valence-electron chi connectivity index (χ0n) is 11.4. The number of aliphatic carboxylic acids is 1. The average molecular weight is 275 g/mol. The first kappa shape index (κ1) is 15.6. The van der Waals surface area contributed by atoms with E-state index in [1.54, 1.807) is 31.2 Å².